The number of aryl methyl sites for hydroxylation is 1. The molecule has 1 aromatic rings. The van der Waals surface area contributed by atoms with E-state index in [9.17, 15) is 0 Å². The van der Waals surface area contributed by atoms with Gasteiger partial charge in [-0.1, -0.05) is 0 Å². The maximum Gasteiger partial charge on any atom is 0.138 e. The predicted molar refractivity (Wildman–Crippen MR) is 61.1 cm³/mol. The van der Waals surface area contributed by atoms with Crippen LogP contribution in [0.4, 0.5) is 0 Å². The van der Waals surface area contributed by atoms with Gasteiger partial charge in [-0.2, -0.15) is 5.10 Å². The molecule has 1 aromatic heterocycles. The summed E-state index contributed by atoms with van der Waals surface area (Å²) in [5, 5.41) is 7.45. The molecule has 2 heterocycles. The molecule has 1 fully saturated rings. The average Bonchev–Trinajstić information content (AvgIpc) is 2.90. The molecule has 0 aromatic carbocycles. The zero-order valence-corrected chi connectivity index (χ0v) is 10.0. The van der Waals surface area contributed by atoms with Crippen molar-refractivity contribution in [1.29, 1.82) is 0 Å². The van der Waals surface area contributed by atoms with Crippen molar-refractivity contribution in [2.24, 2.45) is 13.0 Å². The van der Waals surface area contributed by atoms with E-state index in [4.69, 9.17) is 4.74 Å². The largest absolute Gasteiger partial charge is 0.381 e. The normalized spacial score (nSPS) is 22.5. The second kappa shape index (κ2) is 5.41. The highest BCUT2D eigenvalue weighted by Gasteiger charge is 2.21. The van der Waals surface area contributed by atoms with E-state index in [1.54, 1.807) is 6.33 Å². The van der Waals surface area contributed by atoms with E-state index in [0.29, 0.717) is 12.0 Å². The van der Waals surface area contributed by atoms with Gasteiger partial charge in [0.25, 0.3) is 0 Å². The van der Waals surface area contributed by atoms with Gasteiger partial charge in [0.1, 0.15) is 12.2 Å². The summed E-state index contributed by atoms with van der Waals surface area (Å²) in [4.78, 5) is 4.26. The second-order valence-corrected chi connectivity index (χ2v) is 4.45. The number of nitrogens with one attached hydrogen (secondary N) is 1. The van der Waals surface area contributed by atoms with Crippen LogP contribution in [0.15, 0.2) is 6.33 Å². The first-order chi connectivity index (χ1) is 7.79. The van der Waals surface area contributed by atoms with Crippen LogP contribution in [0.5, 0.6) is 0 Å². The van der Waals surface area contributed by atoms with Crippen LogP contribution in [0.2, 0.25) is 0 Å². The lowest BCUT2D eigenvalue weighted by atomic mass is 9.97. The highest BCUT2D eigenvalue weighted by molar-refractivity contribution is 4.89. The van der Waals surface area contributed by atoms with Gasteiger partial charge >= 0.3 is 0 Å². The molecule has 1 N–H and O–H groups in total. The fourth-order valence-electron chi connectivity index (χ4n) is 2.20. The monoisotopic (exact) mass is 224 g/mol. The van der Waals surface area contributed by atoms with E-state index in [2.05, 4.69) is 15.4 Å². The molecule has 5 heteroatoms. The lowest BCUT2D eigenvalue weighted by Gasteiger charge is -2.18. The highest BCUT2D eigenvalue weighted by atomic mass is 16.5. The lowest BCUT2D eigenvalue weighted by molar-refractivity contribution is 0.181. The van der Waals surface area contributed by atoms with Gasteiger partial charge in [0.2, 0.25) is 0 Å². The smallest absolute Gasteiger partial charge is 0.138 e. The SMILES string of the molecule is CNC(Cc1ncnn1C)CC1CCOC1. The first-order valence-electron chi connectivity index (χ1n) is 5.87. The quantitative estimate of drug-likeness (QED) is 0.785. The summed E-state index contributed by atoms with van der Waals surface area (Å²) in [6, 6.07) is 0.467. The summed E-state index contributed by atoms with van der Waals surface area (Å²) in [6.07, 6.45) is 4.89. The van der Waals surface area contributed by atoms with Gasteiger partial charge in [-0.15, -0.1) is 0 Å². The molecule has 2 unspecified atom stereocenters. The molecule has 5 nitrogen and oxygen atoms in total. The van der Waals surface area contributed by atoms with Crippen molar-refractivity contribution < 1.29 is 4.74 Å². The molecule has 2 atom stereocenters. The first kappa shape index (κ1) is 11.5. The number of likely N-dealkylation sites (N-methyl/N-ethyl adjacent to an activating group) is 1. The number of aromatic nitrogens is 3. The van der Waals surface area contributed by atoms with Crippen LogP contribution in [-0.4, -0.2) is 41.1 Å². The van der Waals surface area contributed by atoms with Crippen LogP contribution in [0, 0.1) is 5.92 Å². The molecule has 0 radical (unpaired) electrons. The van der Waals surface area contributed by atoms with Crippen LogP contribution in [-0.2, 0) is 18.2 Å². The molecule has 0 spiro atoms. The fourth-order valence-corrected chi connectivity index (χ4v) is 2.20. The van der Waals surface area contributed by atoms with Crippen molar-refractivity contribution >= 4 is 0 Å². The Morgan fingerprint density at radius 1 is 1.69 bits per heavy atom. The van der Waals surface area contributed by atoms with Crippen molar-refractivity contribution in [3.05, 3.63) is 12.2 Å². The van der Waals surface area contributed by atoms with Crippen LogP contribution in [0.1, 0.15) is 18.7 Å². The Labute approximate surface area is 96.2 Å². The number of nitrogens with zero attached hydrogens (tertiary/aromatic N) is 3. The minimum Gasteiger partial charge on any atom is -0.381 e. The molecule has 16 heavy (non-hydrogen) atoms. The third-order valence-electron chi connectivity index (χ3n) is 3.28. The molecule has 1 saturated heterocycles. The van der Waals surface area contributed by atoms with Gasteiger partial charge < -0.3 is 10.1 Å². The molecule has 1 aliphatic heterocycles. The number of ether oxygens (including phenoxy) is 1. The van der Waals surface area contributed by atoms with Crippen molar-refractivity contribution in [3.8, 4) is 0 Å². The number of hydrogen-bond donors (Lipinski definition) is 1. The van der Waals surface area contributed by atoms with E-state index in [-0.39, 0.29) is 0 Å². The Morgan fingerprint density at radius 2 is 2.56 bits per heavy atom. The van der Waals surface area contributed by atoms with Crippen LogP contribution in [0.3, 0.4) is 0 Å². The van der Waals surface area contributed by atoms with E-state index < -0.39 is 0 Å². The number of rotatable bonds is 5. The van der Waals surface area contributed by atoms with Crippen molar-refractivity contribution in [2.75, 3.05) is 20.3 Å². The van der Waals surface area contributed by atoms with E-state index in [1.165, 1.54) is 6.42 Å². The summed E-state index contributed by atoms with van der Waals surface area (Å²) >= 11 is 0. The molecule has 90 valence electrons. The third-order valence-corrected chi connectivity index (χ3v) is 3.28. The Hall–Kier alpha value is -0.940. The predicted octanol–water partition coefficient (Wildman–Crippen LogP) is 0.372. The standard InChI is InChI=1S/C11H20N4O/c1-12-10(5-9-3-4-16-7-9)6-11-13-8-14-15(11)2/h8-10,12H,3-7H2,1-2H3. The molecule has 0 saturated carbocycles. The summed E-state index contributed by atoms with van der Waals surface area (Å²) in [7, 11) is 3.95. The van der Waals surface area contributed by atoms with E-state index >= 15 is 0 Å². The Bertz CT molecular complexity index is 320. The Kier molecular flexibility index (Phi) is 3.90. The summed E-state index contributed by atoms with van der Waals surface area (Å²) in [5.74, 6) is 1.74. The summed E-state index contributed by atoms with van der Waals surface area (Å²) < 4.78 is 7.24. The zero-order valence-electron chi connectivity index (χ0n) is 10.0. The summed E-state index contributed by atoms with van der Waals surface area (Å²) in [6.45, 7) is 1.84. The molecular formula is C11H20N4O. The van der Waals surface area contributed by atoms with Crippen LogP contribution < -0.4 is 5.32 Å². The van der Waals surface area contributed by atoms with Gasteiger partial charge in [0.15, 0.2) is 0 Å². The fraction of sp³-hybridized carbons (Fsp3) is 0.818. The minimum atomic E-state index is 0.467. The minimum absolute atomic E-state index is 0.467. The van der Waals surface area contributed by atoms with Gasteiger partial charge in [-0.25, -0.2) is 4.98 Å². The highest BCUT2D eigenvalue weighted by Crippen LogP contribution is 2.19. The molecule has 1 aliphatic rings. The van der Waals surface area contributed by atoms with Gasteiger partial charge in [0, 0.05) is 32.7 Å². The molecule has 0 amide bonds. The summed E-state index contributed by atoms with van der Waals surface area (Å²) in [5.41, 5.74) is 0. The van der Waals surface area contributed by atoms with Crippen LogP contribution in [0.25, 0.3) is 0 Å². The number of hydrogen-bond acceptors (Lipinski definition) is 4. The molecule has 0 bridgehead atoms. The van der Waals surface area contributed by atoms with Gasteiger partial charge in [-0.05, 0) is 25.8 Å². The molecule has 2 rings (SSSR count). The second-order valence-electron chi connectivity index (χ2n) is 4.45. The average molecular weight is 224 g/mol. The van der Waals surface area contributed by atoms with Gasteiger partial charge in [0.05, 0.1) is 0 Å². The van der Waals surface area contributed by atoms with Gasteiger partial charge in [-0.3, -0.25) is 4.68 Å². The van der Waals surface area contributed by atoms with Crippen molar-refractivity contribution in [1.82, 2.24) is 20.1 Å². The van der Waals surface area contributed by atoms with E-state index in [1.807, 2.05) is 18.8 Å². The van der Waals surface area contributed by atoms with Crippen LogP contribution >= 0.6 is 0 Å². The topological polar surface area (TPSA) is 52.0 Å². The van der Waals surface area contributed by atoms with E-state index in [0.717, 1.165) is 31.9 Å². The lowest BCUT2D eigenvalue weighted by Crippen LogP contribution is -2.31. The Morgan fingerprint density at radius 3 is 3.12 bits per heavy atom. The maximum atomic E-state index is 5.40. The first-order valence-corrected chi connectivity index (χ1v) is 5.87. The third kappa shape index (κ3) is 2.80. The van der Waals surface area contributed by atoms with Crippen molar-refractivity contribution in [2.45, 2.75) is 25.3 Å². The molecular weight excluding hydrogens is 204 g/mol. The molecule has 0 aliphatic carbocycles. The Balaban J connectivity index is 1.87. The maximum absolute atomic E-state index is 5.40. The van der Waals surface area contributed by atoms with Crippen molar-refractivity contribution in [3.63, 3.8) is 0 Å². The zero-order chi connectivity index (χ0) is 11.4.